The lowest BCUT2D eigenvalue weighted by atomic mass is 10.00. The third kappa shape index (κ3) is 2.22. The van der Waals surface area contributed by atoms with Crippen LogP contribution < -0.4 is 0 Å². The summed E-state index contributed by atoms with van der Waals surface area (Å²) in [6.45, 7) is 1.56. The van der Waals surface area contributed by atoms with Crippen LogP contribution in [0.5, 0.6) is 0 Å². The van der Waals surface area contributed by atoms with Gasteiger partial charge >= 0.3 is 6.09 Å². The van der Waals surface area contributed by atoms with Crippen molar-refractivity contribution >= 4 is 27.9 Å². The molecule has 0 saturated carbocycles. The summed E-state index contributed by atoms with van der Waals surface area (Å²) in [5, 5.41) is 9.10. The predicted molar refractivity (Wildman–Crippen MR) is 68.9 cm³/mol. The SMILES string of the molecule is O=C(c1ccc(Br)o1)N1C[C@@H]2C[C@H](C1)N(C(=O)O)C2. The summed E-state index contributed by atoms with van der Waals surface area (Å²) in [7, 11) is 0. The molecule has 2 fully saturated rings. The van der Waals surface area contributed by atoms with E-state index in [0.29, 0.717) is 24.3 Å². The highest BCUT2D eigenvalue weighted by Crippen LogP contribution is 2.30. The van der Waals surface area contributed by atoms with Gasteiger partial charge in [-0.25, -0.2) is 4.79 Å². The van der Waals surface area contributed by atoms with Crippen molar-refractivity contribution in [2.24, 2.45) is 5.92 Å². The molecule has 1 aromatic rings. The number of carbonyl (C=O) groups excluding carboxylic acids is 1. The first-order valence-corrected chi connectivity index (χ1v) is 6.88. The molecule has 0 aliphatic carbocycles. The van der Waals surface area contributed by atoms with E-state index >= 15 is 0 Å². The lowest BCUT2D eigenvalue weighted by molar-refractivity contribution is 0.0632. The summed E-state index contributed by atoms with van der Waals surface area (Å²) in [6, 6.07) is 3.21. The molecule has 2 atom stereocenters. The molecule has 2 aliphatic rings. The molecule has 1 N–H and O–H groups in total. The topological polar surface area (TPSA) is 74.0 Å². The molecule has 2 amide bonds. The Morgan fingerprint density at radius 2 is 2.11 bits per heavy atom. The summed E-state index contributed by atoms with van der Waals surface area (Å²) in [6.07, 6.45) is -0.0553. The first kappa shape index (κ1) is 12.5. The van der Waals surface area contributed by atoms with Crippen LogP contribution in [0.15, 0.2) is 21.2 Å². The second-order valence-electron chi connectivity index (χ2n) is 5.00. The average molecular weight is 329 g/mol. The van der Waals surface area contributed by atoms with Crippen LogP contribution in [-0.2, 0) is 0 Å². The molecule has 2 bridgehead atoms. The maximum atomic E-state index is 12.3. The quantitative estimate of drug-likeness (QED) is 0.854. The standard InChI is InChI=1S/C12H13BrN2O4/c13-10-2-1-9(19-10)11(16)14-4-7-3-8(6-14)15(5-7)12(17)18/h1-2,7-8H,3-6H2,(H,17,18)/t7-,8+/m0/s1. The maximum absolute atomic E-state index is 12.3. The first-order chi connectivity index (χ1) is 9.04. The van der Waals surface area contributed by atoms with Gasteiger partial charge in [-0.05, 0) is 40.4 Å². The number of likely N-dealkylation sites (tertiary alicyclic amines) is 2. The Hall–Kier alpha value is -1.50. The molecule has 6 nitrogen and oxygen atoms in total. The molecule has 7 heteroatoms. The molecule has 3 rings (SSSR count). The van der Waals surface area contributed by atoms with Crippen molar-refractivity contribution in [2.75, 3.05) is 19.6 Å². The van der Waals surface area contributed by atoms with Crippen LogP contribution >= 0.6 is 15.9 Å². The lowest BCUT2D eigenvalue weighted by Gasteiger charge is -2.31. The summed E-state index contributed by atoms with van der Waals surface area (Å²) in [5.74, 6) is 0.347. The number of rotatable bonds is 1. The number of amides is 2. The highest BCUT2D eigenvalue weighted by Gasteiger charge is 2.42. The largest absolute Gasteiger partial charge is 0.465 e. The zero-order chi connectivity index (χ0) is 13.6. The fourth-order valence-electron chi connectivity index (χ4n) is 2.94. The molecule has 0 unspecified atom stereocenters. The molecular formula is C12H13BrN2O4. The third-order valence-electron chi connectivity index (χ3n) is 3.73. The van der Waals surface area contributed by atoms with Gasteiger partial charge in [0.2, 0.25) is 0 Å². The van der Waals surface area contributed by atoms with E-state index < -0.39 is 6.09 Å². The van der Waals surface area contributed by atoms with Crippen molar-refractivity contribution in [3.63, 3.8) is 0 Å². The highest BCUT2D eigenvalue weighted by atomic mass is 79.9. The number of fused-ring (bicyclic) bond motifs is 2. The van der Waals surface area contributed by atoms with E-state index in [9.17, 15) is 9.59 Å². The summed E-state index contributed by atoms with van der Waals surface area (Å²) < 4.78 is 5.78. The van der Waals surface area contributed by atoms with Crippen LogP contribution in [0.3, 0.4) is 0 Å². The van der Waals surface area contributed by atoms with E-state index in [1.165, 1.54) is 4.90 Å². The number of carbonyl (C=O) groups is 2. The molecule has 102 valence electrons. The number of furan rings is 1. The molecule has 2 saturated heterocycles. The van der Waals surface area contributed by atoms with Gasteiger partial charge in [-0.15, -0.1) is 0 Å². The van der Waals surface area contributed by atoms with Crippen LogP contribution in [-0.4, -0.2) is 52.6 Å². The van der Waals surface area contributed by atoms with Gasteiger partial charge in [-0.3, -0.25) is 4.79 Å². The fraction of sp³-hybridized carbons (Fsp3) is 0.500. The van der Waals surface area contributed by atoms with Crippen LogP contribution in [0.1, 0.15) is 17.0 Å². The molecule has 0 aromatic carbocycles. The average Bonchev–Trinajstić information content (AvgIpc) is 2.92. The van der Waals surface area contributed by atoms with E-state index in [1.54, 1.807) is 17.0 Å². The molecule has 19 heavy (non-hydrogen) atoms. The van der Waals surface area contributed by atoms with Crippen LogP contribution in [0.2, 0.25) is 0 Å². The van der Waals surface area contributed by atoms with E-state index in [4.69, 9.17) is 9.52 Å². The zero-order valence-corrected chi connectivity index (χ0v) is 11.7. The fourth-order valence-corrected chi connectivity index (χ4v) is 3.25. The van der Waals surface area contributed by atoms with Crippen LogP contribution in [0, 0.1) is 5.92 Å². The Balaban J connectivity index is 1.75. The van der Waals surface area contributed by atoms with E-state index in [2.05, 4.69) is 15.9 Å². The van der Waals surface area contributed by atoms with Crippen molar-refractivity contribution in [1.82, 2.24) is 9.80 Å². The second kappa shape index (κ2) is 4.56. The van der Waals surface area contributed by atoms with E-state index in [1.807, 2.05) is 0 Å². The maximum Gasteiger partial charge on any atom is 0.407 e. The molecule has 0 spiro atoms. The summed E-state index contributed by atoms with van der Waals surface area (Å²) >= 11 is 3.17. The van der Waals surface area contributed by atoms with Crippen molar-refractivity contribution in [3.8, 4) is 0 Å². The second-order valence-corrected chi connectivity index (χ2v) is 5.79. The van der Waals surface area contributed by atoms with E-state index in [0.717, 1.165) is 6.42 Å². The predicted octanol–water partition coefficient (Wildman–Crippen LogP) is 1.87. The number of hydrogen-bond acceptors (Lipinski definition) is 3. The minimum atomic E-state index is -0.900. The minimum absolute atomic E-state index is 0.0846. The van der Waals surface area contributed by atoms with Crippen LogP contribution in [0.4, 0.5) is 4.79 Å². The molecule has 0 radical (unpaired) electrons. The Kier molecular flexibility index (Phi) is 3.00. The Morgan fingerprint density at radius 3 is 2.74 bits per heavy atom. The summed E-state index contributed by atoms with van der Waals surface area (Å²) in [5.41, 5.74) is 0. The molecular weight excluding hydrogens is 316 g/mol. The molecule has 2 aliphatic heterocycles. The lowest BCUT2D eigenvalue weighted by Crippen LogP contribution is -2.46. The Bertz CT molecular complexity index is 530. The third-order valence-corrected chi connectivity index (χ3v) is 4.15. The van der Waals surface area contributed by atoms with Gasteiger partial charge in [-0.1, -0.05) is 0 Å². The Morgan fingerprint density at radius 1 is 1.32 bits per heavy atom. The number of piperidine rings is 1. The van der Waals surface area contributed by atoms with Crippen molar-refractivity contribution in [3.05, 3.63) is 22.6 Å². The number of carboxylic acid groups (broad SMARTS) is 1. The normalized spacial score (nSPS) is 25.7. The Labute approximate surface area is 118 Å². The van der Waals surface area contributed by atoms with Gasteiger partial charge < -0.3 is 19.3 Å². The highest BCUT2D eigenvalue weighted by molar-refractivity contribution is 9.10. The van der Waals surface area contributed by atoms with Crippen molar-refractivity contribution < 1.29 is 19.1 Å². The van der Waals surface area contributed by atoms with Crippen molar-refractivity contribution in [1.29, 1.82) is 0 Å². The molecule has 1 aromatic heterocycles. The van der Waals surface area contributed by atoms with Crippen LogP contribution in [0.25, 0.3) is 0 Å². The van der Waals surface area contributed by atoms with Gasteiger partial charge in [0.05, 0.1) is 6.04 Å². The van der Waals surface area contributed by atoms with Gasteiger partial charge in [0, 0.05) is 19.6 Å². The smallest absolute Gasteiger partial charge is 0.407 e. The molecule has 3 heterocycles. The number of nitrogens with zero attached hydrogens (tertiary/aromatic N) is 2. The first-order valence-electron chi connectivity index (χ1n) is 6.09. The van der Waals surface area contributed by atoms with Gasteiger partial charge in [-0.2, -0.15) is 0 Å². The minimum Gasteiger partial charge on any atom is -0.465 e. The van der Waals surface area contributed by atoms with Gasteiger partial charge in [0.25, 0.3) is 5.91 Å². The van der Waals surface area contributed by atoms with Crippen molar-refractivity contribution in [2.45, 2.75) is 12.5 Å². The zero-order valence-electron chi connectivity index (χ0n) is 10.1. The van der Waals surface area contributed by atoms with Gasteiger partial charge in [0.15, 0.2) is 10.4 Å². The van der Waals surface area contributed by atoms with Gasteiger partial charge in [0.1, 0.15) is 0 Å². The summed E-state index contributed by atoms with van der Waals surface area (Å²) in [4.78, 5) is 26.5. The monoisotopic (exact) mass is 328 g/mol. The number of hydrogen-bond donors (Lipinski definition) is 1. The number of halogens is 1. The van der Waals surface area contributed by atoms with E-state index in [-0.39, 0.29) is 23.6 Å².